The monoisotopic (exact) mass is 235 g/mol. The van der Waals surface area contributed by atoms with Gasteiger partial charge >= 0.3 is 0 Å². The molecule has 0 atom stereocenters. The van der Waals surface area contributed by atoms with E-state index in [9.17, 15) is 4.79 Å². The summed E-state index contributed by atoms with van der Waals surface area (Å²) in [6.45, 7) is 0.185. The number of carbonyl (C=O) groups excluding carboxylic acids is 1. The molecule has 0 aromatic heterocycles. The molecule has 1 saturated carbocycles. The number of carbonyl (C=O) groups is 1. The quantitative estimate of drug-likeness (QED) is 0.808. The minimum atomic E-state index is -0.395. The van der Waals surface area contributed by atoms with E-state index < -0.39 is 5.54 Å². The van der Waals surface area contributed by atoms with Crippen molar-refractivity contribution >= 4 is 5.91 Å². The maximum Gasteiger partial charge on any atom is 0.251 e. The van der Waals surface area contributed by atoms with E-state index in [2.05, 4.69) is 5.32 Å². The summed E-state index contributed by atoms with van der Waals surface area (Å²) in [6.07, 6.45) is 1.67. The van der Waals surface area contributed by atoms with Crippen LogP contribution in [0.5, 0.6) is 11.5 Å². The van der Waals surface area contributed by atoms with Gasteiger partial charge in [0.05, 0.1) is 12.1 Å². The first-order valence-corrected chi connectivity index (χ1v) is 5.55. The fraction of sp³-hybridized carbons (Fsp3) is 0.417. The van der Waals surface area contributed by atoms with Gasteiger partial charge in [-0.15, -0.1) is 0 Å². The van der Waals surface area contributed by atoms with E-state index in [0.717, 1.165) is 12.8 Å². The molecule has 90 valence electrons. The summed E-state index contributed by atoms with van der Waals surface area (Å²) in [5, 5.41) is 12.0. The molecule has 5 nitrogen and oxygen atoms in total. The Bertz CT molecular complexity index is 468. The molecular formula is C12H13NO4. The van der Waals surface area contributed by atoms with E-state index in [1.54, 1.807) is 18.2 Å². The highest BCUT2D eigenvalue weighted by atomic mass is 16.7. The smallest absolute Gasteiger partial charge is 0.251 e. The molecule has 1 aliphatic heterocycles. The summed E-state index contributed by atoms with van der Waals surface area (Å²) in [5.74, 6) is 1.06. The molecule has 1 aromatic rings. The molecule has 1 heterocycles. The summed E-state index contributed by atoms with van der Waals surface area (Å²) in [5.41, 5.74) is 0.127. The molecule has 1 amide bonds. The highest BCUT2D eigenvalue weighted by molar-refractivity contribution is 5.95. The van der Waals surface area contributed by atoms with Crippen LogP contribution in [0.3, 0.4) is 0 Å². The molecule has 2 aliphatic rings. The number of aliphatic hydroxyl groups excluding tert-OH is 1. The lowest BCUT2D eigenvalue weighted by Crippen LogP contribution is -2.39. The van der Waals surface area contributed by atoms with Crippen LogP contribution in [0.25, 0.3) is 0 Å². The van der Waals surface area contributed by atoms with Crippen molar-refractivity contribution in [3.05, 3.63) is 23.8 Å². The maximum absolute atomic E-state index is 11.9. The molecule has 0 radical (unpaired) electrons. The van der Waals surface area contributed by atoms with Gasteiger partial charge < -0.3 is 19.9 Å². The molecular weight excluding hydrogens is 222 g/mol. The normalized spacial score (nSPS) is 18.9. The Hall–Kier alpha value is -1.75. The third kappa shape index (κ3) is 1.82. The number of ether oxygens (including phenoxy) is 2. The van der Waals surface area contributed by atoms with E-state index in [1.165, 1.54) is 0 Å². The van der Waals surface area contributed by atoms with Gasteiger partial charge in [0.15, 0.2) is 11.5 Å². The number of nitrogens with one attached hydrogen (secondary N) is 1. The van der Waals surface area contributed by atoms with Crippen LogP contribution in [0, 0.1) is 0 Å². The van der Waals surface area contributed by atoms with E-state index in [4.69, 9.17) is 14.6 Å². The van der Waals surface area contributed by atoms with Crippen molar-refractivity contribution in [3.63, 3.8) is 0 Å². The fourth-order valence-electron chi connectivity index (χ4n) is 1.82. The van der Waals surface area contributed by atoms with Crippen LogP contribution in [-0.2, 0) is 0 Å². The summed E-state index contributed by atoms with van der Waals surface area (Å²) in [6, 6.07) is 5.07. The third-order valence-electron chi connectivity index (χ3n) is 3.17. The van der Waals surface area contributed by atoms with Crippen molar-refractivity contribution in [2.45, 2.75) is 18.4 Å². The predicted molar refractivity (Wildman–Crippen MR) is 59.1 cm³/mol. The molecule has 0 saturated heterocycles. The van der Waals surface area contributed by atoms with Gasteiger partial charge in [0.2, 0.25) is 6.79 Å². The Labute approximate surface area is 98.3 Å². The molecule has 5 heteroatoms. The minimum Gasteiger partial charge on any atom is -0.454 e. The molecule has 1 aromatic carbocycles. The van der Waals surface area contributed by atoms with Gasteiger partial charge in [-0.1, -0.05) is 0 Å². The van der Waals surface area contributed by atoms with E-state index in [-0.39, 0.29) is 19.3 Å². The molecule has 2 N–H and O–H groups in total. The highest BCUT2D eigenvalue weighted by Gasteiger charge is 2.43. The SMILES string of the molecule is O=C(NC1(CO)CC1)c1ccc2c(c1)OCO2. The first kappa shape index (κ1) is 10.4. The van der Waals surface area contributed by atoms with Gasteiger partial charge in [0, 0.05) is 5.56 Å². The zero-order valence-corrected chi connectivity index (χ0v) is 9.23. The Balaban J connectivity index is 1.78. The van der Waals surface area contributed by atoms with E-state index in [1.807, 2.05) is 0 Å². The zero-order valence-electron chi connectivity index (χ0n) is 9.23. The molecule has 1 fully saturated rings. The minimum absolute atomic E-state index is 0.0106. The van der Waals surface area contributed by atoms with Gasteiger partial charge in [0.1, 0.15) is 0 Å². The van der Waals surface area contributed by atoms with Crippen molar-refractivity contribution in [1.82, 2.24) is 5.32 Å². The molecule has 17 heavy (non-hydrogen) atoms. The average molecular weight is 235 g/mol. The molecule has 0 spiro atoms. The highest BCUT2D eigenvalue weighted by Crippen LogP contribution is 2.36. The molecule has 0 bridgehead atoms. The number of amides is 1. The summed E-state index contributed by atoms with van der Waals surface area (Å²) in [4.78, 5) is 11.9. The second-order valence-corrected chi connectivity index (χ2v) is 4.46. The number of benzene rings is 1. The van der Waals surface area contributed by atoms with Gasteiger partial charge in [-0.05, 0) is 31.0 Å². The standard InChI is InChI=1S/C12H13NO4/c14-6-12(3-4-12)13-11(15)8-1-2-9-10(5-8)17-7-16-9/h1-2,5,14H,3-4,6-7H2,(H,13,15). The average Bonchev–Trinajstić information content (AvgIpc) is 2.96. The number of rotatable bonds is 3. The van der Waals surface area contributed by atoms with Crippen LogP contribution in [0.1, 0.15) is 23.2 Å². The van der Waals surface area contributed by atoms with E-state index >= 15 is 0 Å². The zero-order chi connectivity index (χ0) is 11.9. The van der Waals surface area contributed by atoms with Crippen molar-refractivity contribution in [2.75, 3.05) is 13.4 Å². The van der Waals surface area contributed by atoms with E-state index in [0.29, 0.717) is 17.1 Å². The Morgan fingerprint density at radius 2 is 2.12 bits per heavy atom. The fourth-order valence-corrected chi connectivity index (χ4v) is 1.82. The topological polar surface area (TPSA) is 67.8 Å². The Morgan fingerprint density at radius 3 is 2.82 bits per heavy atom. The summed E-state index contributed by atoms with van der Waals surface area (Å²) < 4.78 is 10.4. The van der Waals surface area contributed by atoms with Gasteiger partial charge in [0.25, 0.3) is 5.91 Å². The number of hydrogen-bond acceptors (Lipinski definition) is 4. The molecule has 3 rings (SSSR count). The maximum atomic E-state index is 11.9. The lowest BCUT2D eigenvalue weighted by molar-refractivity contribution is 0.0906. The first-order valence-electron chi connectivity index (χ1n) is 5.55. The number of aliphatic hydroxyl groups is 1. The predicted octanol–water partition coefficient (Wildman–Crippen LogP) is 0.670. The van der Waals surface area contributed by atoms with Crippen LogP contribution in [0.15, 0.2) is 18.2 Å². The Kier molecular flexibility index (Phi) is 2.22. The van der Waals surface area contributed by atoms with Gasteiger partial charge in [-0.3, -0.25) is 4.79 Å². The second-order valence-electron chi connectivity index (χ2n) is 4.46. The molecule has 0 unspecified atom stereocenters. The van der Waals surface area contributed by atoms with Crippen molar-refractivity contribution in [2.24, 2.45) is 0 Å². The van der Waals surface area contributed by atoms with Crippen molar-refractivity contribution < 1.29 is 19.4 Å². The van der Waals surface area contributed by atoms with Crippen LogP contribution < -0.4 is 14.8 Å². The van der Waals surface area contributed by atoms with Crippen molar-refractivity contribution in [1.29, 1.82) is 0 Å². The largest absolute Gasteiger partial charge is 0.454 e. The third-order valence-corrected chi connectivity index (χ3v) is 3.17. The lowest BCUT2D eigenvalue weighted by Gasteiger charge is -2.14. The van der Waals surface area contributed by atoms with Gasteiger partial charge in [-0.2, -0.15) is 0 Å². The van der Waals surface area contributed by atoms with Crippen LogP contribution >= 0.6 is 0 Å². The number of hydrogen-bond donors (Lipinski definition) is 2. The first-order chi connectivity index (χ1) is 8.22. The van der Waals surface area contributed by atoms with Crippen molar-refractivity contribution in [3.8, 4) is 11.5 Å². The van der Waals surface area contributed by atoms with Crippen LogP contribution in [-0.4, -0.2) is 30.0 Å². The summed E-state index contributed by atoms with van der Waals surface area (Å²) in [7, 11) is 0. The van der Waals surface area contributed by atoms with Crippen LogP contribution in [0.4, 0.5) is 0 Å². The lowest BCUT2D eigenvalue weighted by atomic mass is 10.1. The van der Waals surface area contributed by atoms with Crippen LogP contribution in [0.2, 0.25) is 0 Å². The molecule has 1 aliphatic carbocycles. The van der Waals surface area contributed by atoms with Gasteiger partial charge in [-0.25, -0.2) is 0 Å². The second kappa shape index (κ2) is 3.63. The number of fused-ring (bicyclic) bond motifs is 1. The Morgan fingerprint density at radius 1 is 1.35 bits per heavy atom. The summed E-state index contributed by atoms with van der Waals surface area (Å²) >= 11 is 0.